The Kier molecular flexibility index (Phi) is 5.52. The van der Waals surface area contributed by atoms with Crippen LogP contribution in [-0.2, 0) is 9.53 Å². The van der Waals surface area contributed by atoms with Gasteiger partial charge in [0.25, 0.3) is 5.91 Å². The predicted molar refractivity (Wildman–Crippen MR) is 81.7 cm³/mol. The molecule has 0 atom stereocenters. The molecule has 1 amide bonds. The Morgan fingerprint density at radius 2 is 1.70 bits per heavy atom. The third-order valence-corrected chi connectivity index (χ3v) is 3.35. The second-order valence-electron chi connectivity index (χ2n) is 4.35. The second-order valence-corrected chi connectivity index (χ2v) is 5.16. The molecule has 0 spiro atoms. The van der Waals surface area contributed by atoms with Gasteiger partial charge in [0, 0.05) is 0 Å². The van der Waals surface area contributed by atoms with Gasteiger partial charge in [0.05, 0.1) is 21.3 Å². The van der Waals surface area contributed by atoms with Gasteiger partial charge in [-0.1, -0.05) is 35.3 Å². The largest absolute Gasteiger partial charge is 0.452 e. The number of carbonyl (C=O) groups is 2. The van der Waals surface area contributed by atoms with Gasteiger partial charge >= 0.3 is 5.97 Å². The number of halogens is 4. The van der Waals surface area contributed by atoms with E-state index in [0.29, 0.717) is 22.8 Å². The number of ether oxygens (including phenoxy) is 1. The summed E-state index contributed by atoms with van der Waals surface area (Å²) < 4.78 is 30.8. The number of carbonyl (C=O) groups excluding carboxylic acids is 2. The molecule has 0 saturated heterocycles. The predicted octanol–water partition coefficient (Wildman–Crippen LogP) is 4.07. The topological polar surface area (TPSA) is 55.4 Å². The Morgan fingerprint density at radius 1 is 1.04 bits per heavy atom. The van der Waals surface area contributed by atoms with Gasteiger partial charge in [-0.15, -0.1) is 0 Å². The van der Waals surface area contributed by atoms with Crippen LogP contribution >= 0.6 is 23.2 Å². The van der Waals surface area contributed by atoms with E-state index in [-0.39, 0.29) is 10.6 Å². The van der Waals surface area contributed by atoms with E-state index < -0.39 is 30.1 Å². The molecule has 2 rings (SSSR count). The number of anilines is 1. The van der Waals surface area contributed by atoms with Crippen molar-refractivity contribution in [1.82, 2.24) is 0 Å². The molecule has 0 aromatic heterocycles. The lowest BCUT2D eigenvalue weighted by Crippen LogP contribution is -2.21. The minimum Gasteiger partial charge on any atom is -0.452 e. The molecule has 0 aliphatic heterocycles. The Morgan fingerprint density at radius 3 is 2.39 bits per heavy atom. The Labute approximate surface area is 140 Å². The van der Waals surface area contributed by atoms with Crippen molar-refractivity contribution in [3.63, 3.8) is 0 Å². The molecular formula is C15H9Cl2F2NO3. The van der Waals surface area contributed by atoms with Gasteiger partial charge in [-0.05, 0) is 24.3 Å². The third kappa shape index (κ3) is 4.40. The van der Waals surface area contributed by atoms with E-state index in [1.54, 1.807) is 24.3 Å². The van der Waals surface area contributed by atoms with Gasteiger partial charge < -0.3 is 10.1 Å². The van der Waals surface area contributed by atoms with Crippen LogP contribution in [0.5, 0.6) is 0 Å². The van der Waals surface area contributed by atoms with Crippen molar-refractivity contribution in [2.75, 3.05) is 11.9 Å². The summed E-state index contributed by atoms with van der Waals surface area (Å²) in [5.41, 5.74) is -0.0304. The zero-order valence-electron chi connectivity index (χ0n) is 11.4. The molecule has 0 heterocycles. The fourth-order valence-corrected chi connectivity index (χ4v) is 2.05. The molecule has 0 unspecified atom stereocenters. The van der Waals surface area contributed by atoms with Gasteiger partial charge in [0.2, 0.25) is 0 Å². The van der Waals surface area contributed by atoms with E-state index in [1.807, 2.05) is 0 Å². The zero-order chi connectivity index (χ0) is 17.0. The molecule has 8 heteroatoms. The molecule has 0 aliphatic rings. The fraction of sp³-hybridized carbons (Fsp3) is 0.0667. The lowest BCUT2D eigenvalue weighted by atomic mass is 10.2. The maximum absolute atomic E-state index is 13.1. The number of rotatable bonds is 4. The average Bonchev–Trinajstić information content (AvgIpc) is 2.51. The van der Waals surface area contributed by atoms with E-state index in [2.05, 4.69) is 5.32 Å². The average molecular weight is 360 g/mol. The first-order valence-corrected chi connectivity index (χ1v) is 7.00. The van der Waals surface area contributed by atoms with Crippen LogP contribution in [-0.4, -0.2) is 18.5 Å². The number of para-hydroxylation sites is 1. The number of nitrogens with one attached hydrogen (secondary N) is 1. The van der Waals surface area contributed by atoms with E-state index in [1.165, 1.54) is 0 Å². The first-order chi connectivity index (χ1) is 10.9. The lowest BCUT2D eigenvalue weighted by Gasteiger charge is -2.08. The molecule has 0 bridgehead atoms. The molecular weight excluding hydrogens is 351 g/mol. The molecule has 4 nitrogen and oxygen atoms in total. The SMILES string of the molecule is O=C(COC(=O)c1cc(F)c(F)cc1Cl)Nc1ccccc1Cl. The highest BCUT2D eigenvalue weighted by atomic mass is 35.5. The normalized spacial score (nSPS) is 10.3. The summed E-state index contributed by atoms with van der Waals surface area (Å²) in [7, 11) is 0. The first kappa shape index (κ1) is 17.2. The van der Waals surface area contributed by atoms with E-state index in [9.17, 15) is 18.4 Å². The number of amides is 1. The quantitative estimate of drug-likeness (QED) is 0.661. The number of esters is 1. The van der Waals surface area contributed by atoms with Crippen LogP contribution in [0.2, 0.25) is 10.0 Å². The number of hydrogen-bond acceptors (Lipinski definition) is 3. The standard InChI is InChI=1S/C15H9Cl2F2NO3/c16-9-3-1-2-4-13(9)20-14(21)7-23-15(22)8-5-11(18)12(19)6-10(8)17/h1-6H,7H2,(H,20,21). The van der Waals surface area contributed by atoms with E-state index >= 15 is 0 Å². The molecule has 120 valence electrons. The maximum Gasteiger partial charge on any atom is 0.340 e. The van der Waals surface area contributed by atoms with Gasteiger partial charge in [-0.3, -0.25) is 4.79 Å². The third-order valence-electron chi connectivity index (χ3n) is 2.71. The van der Waals surface area contributed by atoms with Crippen LogP contribution < -0.4 is 5.32 Å². The van der Waals surface area contributed by atoms with Crippen molar-refractivity contribution in [2.24, 2.45) is 0 Å². The maximum atomic E-state index is 13.1. The Hall–Kier alpha value is -2.18. The van der Waals surface area contributed by atoms with Crippen molar-refractivity contribution in [3.8, 4) is 0 Å². The fourth-order valence-electron chi connectivity index (χ4n) is 1.64. The minimum atomic E-state index is -1.25. The van der Waals surface area contributed by atoms with Crippen molar-refractivity contribution < 1.29 is 23.1 Å². The highest BCUT2D eigenvalue weighted by molar-refractivity contribution is 6.34. The molecule has 2 aromatic rings. The molecule has 0 radical (unpaired) electrons. The van der Waals surface area contributed by atoms with Crippen molar-refractivity contribution >= 4 is 40.8 Å². The van der Waals surface area contributed by atoms with Crippen LogP contribution in [0.4, 0.5) is 14.5 Å². The summed E-state index contributed by atoms with van der Waals surface area (Å²) in [5.74, 6) is -4.14. The van der Waals surface area contributed by atoms with Gasteiger partial charge in [-0.2, -0.15) is 0 Å². The van der Waals surface area contributed by atoms with Crippen LogP contribution in [0, 0.1) is 11.6 Å². The summed E-state index contributed by atoms with van der Waals surface area (Å²) >= 11 is 11.5. The van der Waals surface area contributed by atoms with Gasteiger partial charge in [-0.25, -0.2) is 13.6 Å². The van der Waals surface area contributed by atoms with Crippen molar-refractivity contribution in [1.29, 1.82) is 0 Å². The molecule has 1 N–H and O–H groups in total. The van der Waals surface area contributed by atoms with Crippen LogP contribution in [0.15, 0.2) is 36.4 Å². The molecule has 0 saturated carbocycles. The van der Waals surface area contributed by atoms with E-state index in [4.69, 9.17) is 27.9 Å². The smallest absolute Gasteiger partial charge is 0.340 e. The summed E-state index contributed by atoms with van der Waals surface area (Å²) in [6.45, 7) is -0.640. The summed E-state index contributed by atoms with van der Waals surface area (Å²) in [4.78, 5) is 23.4. The molecule has 23 heavy (non-hydrogen) atoms. The first-order valence-electron chi connectivity index (χ1n) is 6.24. The van der Waals surface area contributed by atoms with E-state index in [0.717, 1.165) is 0 Å². The summed E-state index contributed by atoms with van der Waals surface area (Å²) in [6, 6.07) is 7.74. The Balaban J connectivity index is 1.98. The lowest BCUT2D eigenvalue weighted by molar-refractivity contribution is -0.119. The highest BCUT2D eigenvalue weighted by Crippen LogP contribution is 2.22. The van der Waals surface area contributed by atoms with Crippen LogP contribution in [0.25, 0.3) is 0 Å². The second kappa shape index (κ2) is 7.39. The number of benzene rings is 2. The van der Waals surface area contributed by atoms with Gasteiger partial charge in [0.1, 0.15) is 0 Å². The highest BCUT2D eigenvalue weighted by Gasteiger charge is 2.17. The summed E-state index contributed by atoms with van der Waals surface area (Å²) in [6.07, 6.45) is 0. The zero-order valence-corrected chi connectivity index (χ0v) is 12.9. The summed E-state index contributed by atoms with van der Waals surface area (Å²) in [5, 5.41) is 2.43. The van der Waals surface area contributed by atoms with Crippen LogP contribution in [0.1, 0.15) is 10.4 Å². The molecule has 2 aromatic carbocycles. The monoisotopic (exact) mass is 359 g/mol. The minimum absolute atomic E-state index is 0.316. The number of hydrogen-bond donors (Lipinski definition) is 1. The van der Waals surface area contributed by atoms with Crippen LogP contribution in [0.3, 0.4) is 0 Å². The van der Waals surface area contributed by atoms with Crippen molar-refractivity contribution in [3.05, 3.63) is 63.6 Å². The molecule has 0 fully saturated rings. The van der Waals surface area contributed by atoms with Crippen molar-refractivity contribution in [2.45, 2.75) is 0 Å². The molecule has 0 aliphatic carbocycles. The van der Waals surface area contributed by atoms with Gasteiger partial charge in [0.15, 0.2) is 18.2 Å². The Bertz CT molecular complexity index is 768.